The van der Waals surface area contributed by atoms with Crippen LogP contribution in [0.2, 0.25) is 0 Å². The van der Waals surface area contributed by atoms with Crippen molar-refractivity contribution in [3.63, 3.8) is 0 Å². The van der Waals surface area contributed by atoms with Crippen LogP contribution in [-0.2, 0) is 4.79 Å². The van der Waals surface area contributed by atoms with E-state index in [-0.39, 0.29) is 0 Å². The van der Waals surface area contributed by atoms with E-state index in [1.54, 1.807) is 0 Å². The van der Waals surface area contributed by atoms with Gasteiger partial charge < -0.3 is 14.3 Å². The number of anilines is 1. The van der Waals surface area contributed by atoms with Crippen molar-refractivity contribution in [2.75, 3.05) is 31.1 Å². The largest absolute Gasteiger partial charge is 0.353 e. The summed E-state index contributed by atoms with van der Waals surface area (Å²) in [6.45, 7) is 3.22. The fraction of sp³-hybridized carbons (Fsp3) is 0.619. The van der Waals surface area contributed by atoms with E-state index in [2.05, 4.69) is 20.0 Å². The van der Waals surface area contributed by atoms with Gasteiger partial charge in [-0.1, -0.05) is 18.0 Å². The number of amides is 1. The van der Waals surface area contributed by atoms with Gasteiger partial charge in [0.25, 0.3) is 0 Å². The molecule has 1 amide bonds. The van der Waals surface area contributed by atoms with E-state index < -0.39 is 0 Å². The first-order chi connectivity index (χ1) is 13.8. The predicted octanol–water partition coefficient (Wildman–Crippen LogP) is 3.24. The Morgan fingerprint density at radius 2 is 1.86 bits per heavy atom. The minimum absolute atomic E-state index is 0.332. The predicted molar refractivity (Wildman–Crippen MR) is 105 cm³/mol. The van der Waals surface area contributed by atoms with Crippen LogP contribution in [0, 0.1) is 5.92 Å². The lowest BCUT2D eigenvalue weighted by molar-refractivity contribution is -0.132. The highest BCUT2D eigenvalue weighted by atomic mass is 16.5. The van der Waals surface area contributed by atoms with Crippen molar-refractivity contribution in [3.8, 4) is 11.4 Å². The second kappa shape index (κ2) is 7.53. The number of piperazine rings is 1. The Morgan fingerprint density at radius 1 is 1.07 bits per heavy atom. The van der Waals surface area contributed by atoms with Crippen molar-refractivity contribution in [2.45, 2.75) is 50.9 Å². The van der Waals surface area contributed by atoms with E-state index in [4.69, 9.17) is 4.52 Å². The zero-order chi connectivity index (χ0) is 18.9. The Labute approximate surface area is 165 Å². The van der Waals surface area contributed by atoms with Gasteiger partial charge >= 0.3 is 0 Å². The smallest absolute Gasteiger partial charge is 0.230 e. The van der Waals surface area contributed by atoms with Gasteiger partial charge in [-0.05, 0) is 43.7 Å². The average Bonchev–Trinajstić information content (AvgIpc) is 3.24. The van der Waals surface area contributed by atoms with Crippen LogP contribution in [0.5, 0.6) is 0 Å². The van der Waals surface area contributed by atoms with Gasteiger partial charge in [-0.2, -0.15) is 4.98 Å². The van der Waals surface area contributed by atoms with Gasteiger partial charge in [-0.25, -0.2) is 4.98 Å². The lowest BCUT2D eigenvalue weighted by Crippen LogP contribution is -2.49. The van der Waals surface area contributed by atoms with Crippen LogP contribution in [0.25, 0.3) is 11.4 Å². The molecule has 2 aromatic rings. The normalized spacial score (nSPS) is 20.7. The molecule has 7 heteroatoms. The van der Waals surface area contributed by atoms with Crippen LogP contribution < -0.4 is 4.90 Å². The Morgan fingerprint density at radius 3 is 2.54 bits per heavy atom. The third-order valence-electron chi connectivity index (χ3n) is 6.27. The summed E-state index contributed by atoms with van der Waals surface area (Å²) < 4.78 is 5.33. The standard InChI is InChI=1S/C21H27N5O2/c27-19(13-15-3-1-2-4-15)26-11-9-25(10-12-26)18-8-7-17(14-22-18)20-23-21(28-24-20)16-5-6-16/h7-8,14-16H,1-6,9-13H2. The highest BCUT2D eigenvalue weighted by Gasteiger charge is 2.30. The van der Waals surface area contributed by atoms with Crippen molar-refractivity contribution in [2.24, 2.45) is 5.92 Å². The molecular weight excluding hydrogens is 354 g/mol. The number of rotatable bonds is 5. The van der Waals surface area contributed by atoms with Crippen LogP contribution in [0.4, 0.5) is 5.82 Å². The zero-order valence-electron chi connectivity index (χ0n) is 16.2. The van der Waals surface area contributed by atoms with Gasteiger partial charge in [-0.15, -0.1) is 0 Å². The molecule has 1 saturated heterocycles. The summed E-state index contributed by atoms with van der Waals surface area (Å²) in [5, 5.41) is 4.08. The molecule has 0 bridgehead atoms. The lowest BCUT2D eigenvalue weighted by atomic mass is 10.0. The number of nitrogens with zero attached hydrogens (tertiary/aromatic N) is 5. The molecule has 7 nitrogen and oxygen atoms in total. The molecule has 148 valence electrons. The molecule has 2 aliphatic carbocycles. The summed E-state index contributed by atoms with van der Waals surface area (Å²) in [5.74, 6) is 3.71. The van der Waals surface area contributed by atoms with Gasteiger partial charge in [0.15, 0.2) is 0 Å². The van der Waals surface area contributed by atoms with Gasteiger partial charge in [0.05, 0.1) is 0 Å². The number of carbonyl (C=O) groups is 1. The van der Waals surface area contributed by atoms with Crippen LogP contribution in [0.1, 0.15) is 56.8 Å². The van der Waals surface area contributed by atoms with Crippen molar-refractivity contribution in [3.05, 3.63) is 24.2 Å². The van der Waals surface area contributed by atoms with Crippen LogP contribution in [0.3, 0.4) is 0 Å². The summed E-state index contributed by atoms with van der Waals surface area (Å²) in [6, 6.07) is 4.01. The Kier molecular flexibility index (Phi) is 4.74. The molecule has 0 atom stereocenters. The minimum atomic E-state index is 0.332. The Hall–Kier alpha value is -2.44. The summed E-state index contributed by atoms with van der Waals surface area (Å²) in [6.07, 6.45) is 9.88. The van der Waals surface area contributed by atoms with Gasteiger partial charge in [0, 0.05) is 50.3 Å². The monoisotopic (exact) mass is 381 g/mol. The molecule has 0 spiro atoms. The van der Waals surface area contributed by atoms with E-state index in [0.717, 1.165) is 62.7 Å². The summed E-state index contributed by atoms with van der Waals surface area (Å²) in [4.78, 5) is 25.9. The van der Waals surface area contributed by atoms with Crippen LogP contribution in [0.15, 0.2) is 22.9 Å². The Bertz CT molecular complexity index is 816. The van der Waals surface area contributed by atoms with Crippen molar-refractivity contribution in [1.29, 1.82) is 0 Å². The minimum Gasteiger partial charge on any atom is -0.353 e. The SMILES string of the molecule is O=C(CC1CCCC1)N1CCN(c2ccc(-c3noc(C4CC4)n3)cn2)CC1. The quantitative estimate of drug-likeness (QED) is 0.791. The van der Waals surface area contributed by atoms with Crippen molar-refractivity contribution in [1.82, 2.24) is 20.0 Å². The number of pyridine rings is 1. The van der Waals surface area contributed by atoms with E-state index >= 15 is 0 Å². The second-order valence-electron chi connectivity index (χ2n) is 8.36. The van der Waals surface area contributed by atoms with E-state index in [1.165, 1.54) is 25.7 Å². The summed E-state index contributed by atoms with van der Waals surface area (Å²) >= 11 is 0. The third-order valence-corrected chi connectivity index (χ3v) is 6.27. The molecule has 0 unspecified atom stereocenters. The van der Waals surface area contributed by atoms with Gasteiger partial charge in [0.2, 0.25) is 17.6 Å². The topological polar surface area (TPSA) is 75.4 Å². The maximum atomic E-state index is 12.5. The van der Waals surface area contributed by atoms with Gasteiger partial charge in [-0.3, -0.25) is 4.79 Å². The molecule has 3 heterocycles. The molecule has 5 rings (SSSR count). The number of carbonyl (C=O) groups excluding carboxylic acids is 1. The number of aromatic nitrogens is 3. The fourth-order valence-electron chi connectivity index (χ4n) is 4.33. The fourth-order valence-corrected chi connectivity index (χ4v) is 4.33. The molecule has 0 aromatic carbocycles. The van der Waals surface area contributed by atoms with Crippen molar-refractivity contribution >= 4 is 11.7 Å². The van der Waals surface area contributed by atoms with Crippen LogP contribution >= 0.6 is 0 Å². The second-order valence-corrected chi connectivity index (χ2v) is 8.36. The molecular formula is C21H27N5O2. The maximum absolute atomic E-state index is 12.5. The van der Waals surface area contributed by atoms with E-state index in [1.807, 2.05) is 23.2 Å². The first-order valence-corrected chi connectivity index (χ1v) is 10.6. The first-order valence-electron chi connectivity index (χ1n) is 10.6. The summed E-state index contributed by atoms with van der Waals surface area (Å²) in [5.41, 5.74) is 0.879. The molecule has 28 heavy (non-hydrogen) atoms. The highest BCUT2D eigenvalue weighted by Crippen LogP contribution is 2.39. The zero-order valence-corrected chi connectivity index (χ0v) is 16.2. The molecule has 3 aliphatic rings. The first kappa shape index (κ1) is 17.6. The van der Waals surface area contributed by atoms with Gasteiger partial charge in [0.1, 0.15) is 5.82 Å². The van der Waals surface area contributed by atoms with E-state index in [9.17, 15) is 4.79 Å². The van der Waals surface area contributed by atoms with E-state index in [0.29, 0.717) is 23.6 Å². The average molecular weight is 381 g/mol. The number of hydrogen-bond donors (Lipinski definition) is 0. The van der Waals surface area contributed by atoms with Crippen LogP contribution in [-0.4, -0.2) is 52.1 Å². The molecule has 0 radical (unpaired) electrons. The highest BCUT2D eigenvalue weighted by molar-refractivity contribution is 5.76. The Balaban J connectivity index is 1.16. The number of hydrogen-bond acceptors (Lipinski definition) is 6. The molecule has 1 aliphatic heterocycles. The third kappa shape index (κ3) is 3.75. The molecule has 2 saturated carbocycles. The summed E-state index contributed by atoms with van der Waals surface area (Å²) in [7, 11) is 0. The lowest BCUT2D eigenvalue weighted by Gasteiger charge is -2.36. The molecule has 2 aromatic heterocycles. The van der Waals surface area contributed by atoms with Crippen molar-refractivity contribution < 1.29 is 9.32 Å². The maximum Gasteiger partial charge on any atom is 0.230 e. The molecule has 0 N–H and O–H groups in total. The molecule has 3 fully saturated rings.